The fourth-order valence-electron chi connectivity index (χ4n) is 3.29. The van der Waals surface area contributed by atoms with Crippen molar-refractivity contribution in [3.8, 4) is 0 Å². The normalized spacial score (nSPS) is 15.2. The Hall–Kier alpha value is -1.67. The molecule has 1 aromatic carbocycles. The second kappa shape index (κ2) is 9.89. The van der Waals surface area contributed by atoms with Crippen LogP contribution in [0.4, 0.5) is 0 Å². The molecule has 1 saturated heterocycles. The van der Waals surface area contributed by atoms with Gasteiger partial charge in [0.25, 0.3) is 5.91 Å². The third-order valence-electron chi connectivity index (χ3n) is 4.90. The molecule has 156 valence electrons. The molecular weight excluding hydrogens is 433 g/mol. The molecule has 1 aliphatic rings. The van der Waals surface area contributed by atoms with Crippen LogP contribution in [-0.4, -0.2) is 53.9 Å². The molecule has 29 heavy (non-hydrogen) atoms. The van der Waals surface area contributed by atoms with Crippen molar-refractivity contribution in [2.75, 3.05) is 25.4 Å². The Bertz CT molecular complexity index is 949. The highest BCUT2D eigenvalue weighted by atomic mass is 35.5. The smallest absolute Gasteiger partial charge is 0.255 e. The van der Waals surface area contributed by atoms with E-state index in [1.807, 2.05) is 0 Å². The van der Waals surface area contributed by atoms with Gasteiger partial charge >= 0.3 is 0 Å². The first-order chi connectivity index (χ1) is 13.9. The number of amides is 1. The number of carbonyl (C=O) groups excluding carboxylic acids is 1. The first kappa shape index (κ1) is 22.0. The zero-order valence-electron chi connectivity index (χ0n) is 15.9. The predicted molar refractivity (Wildman–Crippen MR) is 115 cm³/mol. The lowest BCUT2D eigenvalue weighted by Crippen LogP contribution is -2.41. The molecule has 9 heteroatoms. The number of rotatable bonds is 7. The SMILES string of the molecule is O=C(c1ccc(Cl)cc1Cl)N(CCS(=O)(=O)N1CCCCC1)Cc1ccncc1. The molecule has 6 nitrogen and oxygen atoms in total. The van der Waals surface area contributed by atoms with Crippen LogP contribution in [0, 0.1) is 0 Å². The van der Waals surface area contributed by atoms with E-state index in [2.05, 4.69) is 4.98 Å². The number of pyridine rings is 1. The predicted octanol–water partition coefficient (Wildman–Crippen LogP) is 3.85. The van der Waals surface area contributed by atoms with Gasteiger partial charge < -0.3 is 4.90 Å². The van der Waals surface area contributed by atoms with Crippen molar-refractivity contribution < 1.29 is 13.2 Å². The van der Waals surface area contributed by atoms with E-state index in [4.69, 9.17) is 23.2 Å². The van der Waals surface area contributed by atoms with Crippen molar-refractivity contribution in [2.24, 2.45) is 0 Å². The molecule has 2 aromatic rings. The lowest BCUT2D eigenvalue weighted by atomic mass is 10.1. The minimum atomic E-state index is -3.43. The number of benzene rings is 1. The molecule has 0 radical (unpaired) electrons. The van der Waals surface area contributed by atoms with Gasteiger partial charge in [0.15, 0.2) is 0 Å². The third-order valence-corrected chi connectivity index (χ3v) is 7.30. The van der Waals surface area contributed by atoms with Crippen molar-refractivity contribution in [3.05, 3.63) is 63.9 Å². The van der Waals surface area contributed by atoms with Gasteiger partial charge in [-0.2, -0.15) is 0 Å². The summed E-state index contributed by atoms with van der Waals surface area (Å²) in [5.41, 5.74) is 1.15. The summed E-state index contributed by atoms with van der Waals surface area (Å²) in [6, 6.07) is 8.25. The molecule has 1 aliphatic heterocycles. The number of nitrogens with zero attached hydrogens (tertiary/aromatic N) is 3. The van der Waals surface area contributed by atoms with E-state index >= 15 is 0 Å². The highest BCUT2D eigenvalue weighted by molar-refractivity contribution is 7.89. The van der Waals surface area contributed by atoms with Crippen LogP contribution in [0.25, 0.3) is 0 Å². The fraction of sp³-hybridized carbons (Fsp3) is 0.400. The Morgan fingerprint density at radius 3 is 2.41 bits per heavy atom. The zero-order valence-corrected chi connectivity index (χ0v) is 18.3. The Labute approximate surface area is 181 Å². The molecule has 0 bridgehead atoms. The van der Waals surface area contributed by atoms with E-state index in [0.29, 0.717) is 23.7 Å². The van der Waals surface area contributed by atoms with Crippen LogP contribution in [0.1, 0.15) is 35.2 Å². The van der Waals surface area contributed by atoms with Gasteiger partial charge in [-0.05, 0) is 48.7 Å². The molecule has 0 N–H and O–H groups in total. The highest BCUT2D eigenvalue weighted by Crippen LogP contribution is 2.23. The number of sulfonamides is 1. The Balaban J connectivity index is 1.79. The van der Waals surface area contributed by atoms with Gasteiger partial charge in [-0.1, -0.05) is 29.6 Å². The van der Waals surface area contributed by atoms with Gasteiger partial charge in [0.05, 0.1) is 16.3 Å². The summed E-state index contributed by atoms with van der Waals surface area (Å²) in [5.74, 6) is -0.466. The molecule has 0 unspecified atom stereocenters. The molecule has 0 spiro atoms. The summed E-state index contributed by atoms with van der Waals surface area (Å²) in [7, 11) is -3.43. The first-order valence-corrected chi connectivity index (χ1v) is 11.8. The maximum Gasteiger partial charge on any atom is 0.255 e. The van der Waals surface area contributed by atoms with Crippen LogP contribution in [0.15, 0.2) is 42.7 Å². The van der Waals surface area contributed by atoms with E-state index < -0.39 is 10.0 Å². The zero-order chi connectivity index (χ0) is 20.9. The summed E-state index contributed by atoms with van der Waals surface area (Å²) in [6.45, 7) is 1.42. The Kier molecular flexibility index (Phi) is 7.51. The van der Waals surface area contributed by atoms with Crippen molar-refractivity contribution in [2.45, 2.75) is 25.8 Å². The van der Waals surface area contributed by atoms with Gasteiger partial charge in [0.2, 0.25) is 10.0 Å². The van der Waals surface area contributed by atoms with Crippen molar-refractivity contribution in [1.82, 2.24) is 14.2 Å². The van der Waals surface area contributed by atoms with Crippen molar-refractivity contribution >= 4 is 39.1 Å². The second-order valence-corrected chi connectivity index (χ2v) is 9.91. The molecule has 0 aliphatic carbocycles. The lowest BCUT2D eigenvalue weighted by Gasteiger charge is -2.28. The molecule has 0 atom stereocenters. The molecule has 3 rings (SSSR count). The number of piperidine rings is 1. The van der Waals surface area contributed by atoms with Crippen molar-refractivity contribution in [3.63, 3.8) is 0 Å². The van der Waals surface area contributed by atoms with Gasteiger partial charge in [-0.3, -0.25) is 9.78 Å². The van der Waals surface area contributed by atoms with E-state index in [1.54, 1.807) is 36.7 Å². The minimum Gasteiger partial charge on any atom is -0.333 e. The summed E-state index contributed by atoms with van der Waals surface area (Å²) < 4.78 is 27.0. The molecule has 0 saturated carbocycles. The van der Waals surface area contributed by atoms with Gasteiger partial charge in [-0.15, -0.1) is 0 Å². The number of carbonyl (C=O) groups is 1. The molecule has 1 fully saturated rings. The summed E-state index contributed by atoms with van der Waals surface area (Å²) >= 11 is 12.2. The standard InChI is InChI=1S/C20H23Cl2N3O3S/c21-17-4-5-18(19(22)14-17)20(26)24(15-16-6-8-23-9-7-16)12-13-29(27,28)25-10-2-1-3-11-25/h4-9,14H,1-3,10-13,15H2. The van der Waals surface area contributed by atoms with Gasteiger partial charge in [0, 0.05) is 43.6 Å². The summed E-state index contributed by atoms with van der Waals surface area (Å²) in [6.07, 6.45) is 6.07. The number of hydrogen-bond acceptors (Lipinski definition) is 4. The van der Waals surface area contributed by atoms with Crippen molar-refractivity contribution in [1.29, 1.82) is 0 Å². The summed E-state index contributed by atoms with van der Waals surface area (Å²) in [5, 5.41) is 0.668. The van der Waals surface area contributed by atoms with E-state index in [9.17, 15) is 13.2 Å². The van der Waals surface area contributed by atoms with Crippen LogP contribution in [0.5, 0.6) is 0 Å². The monoisotopic (exact) mass is 455 g/mol. The van der Waals surface area contributed by atoms with E-state index in [-0.39, 0.29) is 29.8 Å². The highest BCUT2D eigenvalue weighted by Gasteiger charge is 2.26. The van der Waals surface area contributed by atoms with Crippen LogP contribution in [0.2, 0.25) is 10.0 Å². The summed E-state index contributed by atoms with van der Waals surface area (Å²) in [4.78, 5) is 18.6. The number of hydrogen-bond donors (Lipinski definition) is 0. The minimum absolute atomic E-state index is 0.0684. The Morgan fingerprint density at radius 2 is 1.76 bits per heavy atom. The van der Waals surface area contributed by atoms with Gasteiger partial charge in [0.1, 0.15) is 0 Å². The molecular formula is C20H23Cl2N3O3S. The topological polar surface area (TPSA) is 70.6 Å². The largest absolute Gasteiger partial charge is 0.333 e. The number of aromatic nitrogens is 1. The van der Waals surface area contributed by atoms with Crippen LogP contribution < -0.4 is 0 Å². The third kappa shape index (κ3) is 5.92. The van der Waals surface area contributed by atoms with E-state index in [1.165, 1.54) is 15.3 Å². The Morgan fingerprint density at radius 1 is 1.07 bits per heavy atom. The van der Waals surface area contributed by atoms with Gasteiger partial charge in [-0.25, -0.2) is 12.7 Å². The quantitative estimate of drug-likeness (QED) is 0.635. The van der Waals surface area contributed by atoms with Crippen LogP contribution in [-0.2, 0) is 16.6 Å². The lowest BCUT2D eigenvalue weighted by molar-refractivity contribution is 0.0753. The average Bonchev–Trinajstić information content (AvgIpc) is 2.72. The molecule has 1 aromatic heterocycles. The maximum absolute atomic E-state index is 13.1. The molecule has 2 heterocycles. The molecule has 1 amide bonds. The van der Waals surface area contributed by atoms with Crippen LogP contribution in [0.3, 0.4) is 0 Å². The van der Waals surface area contributed by atoms with Crippen LogP contribution >= 0.6 is 23.2 Å². The van der Waals surface area contributed by atoms with E-state index in [0.717, 1.165) is 24.8 Å². The average molecular weight is 456 g/mol. The maximum atomic E-state index is 13.1. The first-order valence-electron chi connectivity index (χ1n) is 9.48. The number of halogens is 2. The fourth-order valence-corrected chi connectivity index (χ4v) is 5.31. The second-order valence-electron chi connectivity index (χ2n) is 6.98.